The third-order valence-electron chi connectivity index (χ3n) is 2.81. The lowest BCUT2D eigenvalue weighted by molar-refractivity contribution is -0.118. The molecule has 2 N–H and O–H groups in total. The minimum absolute atomic E-state index is 0.216. The van der Waals surface area contributed by atoms with Gasteiger partial charge < -0.3 is 10.6 Å². The van der Waals surface area contributed by atoms with E-state index in [4.69, 9.17) is 5.73 Å². The molecule has 1 amide bonds. The van der Waals surface area contributed by atoms with Crippen LogP contribution in [0.25, 0.3) is 0 Å². The van der Waals surface area contributed by atoms with E-state index in [9.17, 15) is 4.79 Å². The largest absolute Gasteiger partial charge is 0.370 e. The van der Waals surface area contributed by atoms with Crippen molar-refractivity contribution in [3.8, 4) is 0 Å². The van der Waals surface area contributed by atoms with Crippen LogP contribution >= 0.6 is 15.9 Å². The van der Waals surface area contributed by atoms with Crippen LogP contribution in [0.5, 0.6) is 0 Å². The van der Waals surface area contributed by atoms with E-state index in [-0.39, 0.29) is 5.91 Å². The molecule has 0 radical (unpaired) electrons. The molecule has 1 aromatic heterocycles. The fourth-order valence-corrected chi connectivity index (χ4v) is 2.59. The molecule has 86 valence electrons. The predicted octanol–water partition coefficient (Wildman–Crippen LogP) is 1.55. The molecule has 1 saturated heterocycles. The highest BCUT2D eigenvalue weighted by atomic mass is 79.9. The molecule has 1 aliphatic heterocycles. The number of rotatable bonds is 3. The van der Waals surface area contributed by atoms with Crippen LogP contribution in [0.1, 0.15) is 12.8 Å². The molecule has 1 aliphatic rings. The summed E-state index contributed by atoms with van der Waals surface area (Å²) in [6.45, 7) is 1.80. The van der Waals surface area contributed by atoms with E-state index in [0.717, 1.165) is 29.8 Å². The Morgan fingerprint density at radius 2 is 2.50 bits per heavy atom. The summed E-state index contributed by atoms with van der Waals surface area (Å²) < 4.78 is 0.995. The number of hydrogen-bond acceptors (Lipinski definition) is 3. The van der Waals surface area contributed by atoms with E-state index < -0.39 is 0 Å². The van der Waals surface area contributed by atoms with Gasteiger partial charge in [0.15, 0.2) is 0 Å². The Bertz CT molecular complexity index is 397. The van der Waals surface area contributed by atoms with Crippen molar-refractivity contribution in [1.82, 2.24) is 4.98 Å². The summed E-state index contributed by atoms with van der Waals surface area (Å²) >= 11 is 3.48. The van der Waals surface area contributed by atoms with Crippen molar-refractivity contribution < 1.29 is 4.79 Å². The molecular formula is C11H14BrN3O. The third kappa shape index (κ3) is 2.52. The van der Waals surface area contributed by atoms with E-state index in [1.165, 1.54) is 0 Å². The molecule has 1 unspecified atom stereocenters. The molecule has 1 fully saturated rings. The predicted molar refractivity (Wildman–Crippen MR) is 66.1 cm³/mol. The Morgan fingerprint density at radius 3 is 3.19 bits per heavy atom. The summed E-state index contributed by atoms with van der Waals surface area (Å²) in [5.74, 6) is 1.10. The van der Waals surface area contributed by atoms with E-state index >= 15 is 0 Å². The molecule has 0 aromatic carbocycles. The number of hydrogen-bond donors (Lipinski definition) is 1. The van der Waals surface area contributed by atoms with Gasteiger partial charge in [-0.3, -0.25) is 4.79 Å². The Balaban J connectivity index is 2.04. The highest BCUT2D eigenvalue weighted by molar-refractivity contribution is 9.10. The van der Waals surface area contributed by atoms with Gasteiger partial charge in [0.2, 0.25) is 5.91 Å². The van der Waals surface area contributed by atoms with Crippen molar-refractivity contribution in [1.29, 1.82) is 0 Å². The van der Waals surface area contributed by atoms with Gasteiger partial charge in [-0.15, -0.1) is 0 Å². The Labute approximate surface area is 103 Å². The van der Waals surface area contributed by atoms with Crippen LogP contribution in [-0.2, 0) is 4.79 Å². The van der Waals surface area contributed by atoms with Crippen LogP contribution in [0.15, 0.2) is 22.8 Å². The summed E-state index contributed by atoms with van der Waals surface area (Å²) in [4.78, 5) is 17.4. The molecule has 0 bridgehead atoms. The highest BCUT2D eigenvalue weighted by Crippen LogP contribution is 2.29. The van der Waals surface area contributed by atoms with Gasteiger partial charge in [0, 0.05) is 25.7 Å². The minimum atomic E-state index is -0.216. The minimum Gasteiger partial charge on any atom is -0.370 e. The number of primary amides is 1. The first kappa shape index (κ1) is 11.4. The molecule has 1 atom stereocenters. The van der Waals surface area contributed by atoms with Crippen LogP contribution in [0.3, 0.4) is 0 Å². The zero-order valence-electron chi connectivity index (χ0n) is 8.90. The second kappa shape index (κ2) is 4.82. The molecule has 1 aromatic rings. The van der Waals surface area contributed by atoms with Crippen molar-refractivity contribution in [2.24, 2.45) is 11.7 Å². The van der Waals surface area contributed by atoms with E-state index in [1.54, 1.807) is 6.20 Å². The molecular weight excluding hydrogens is 270 g/mol. The Hall–Kier alpha value is -1.10. The van der Waals surface area contributed by atoms with Crippen LogP contribution < -0.4 is 10.6 Å². The summed E-state index contributed by atoms with van der Waals surface area (Å²) in [5, 5.41) is 0. The van der Waals surface area contributed by atoms with Crippen LogP contribution in [-0.4, -0.2) is 24.0 Å². The van der Waals surface area contributed by atoms with Gasteiger partial charge in [-0.25, -0.2) is 4.98 Å². The molecule has 0 saturated carbocycles. The van der Waals surface area contributed by atoms with Gasteiger partial charge in [0.1, 0.15) is 5.82 Å². The van der Waals surface area contributed by atoms with Crippen molar-refractivity contribution in [2.45, 2.75) is 12.8 Å². The molecule has 5 heteroatoms. The normalized spacial score (nSPS) is 20.1. The zero-order chi connectivity index (χ0) is 11.5. The van der Waals surface area contributed by atoms with Gasteiger partial charge in [0.05, 0.1) is 4.47 Å². The van der Waals surface area contributed by atoms with E-state index in [2.05, 4.69) is 25.8 Å². The summed E-state index contributed by atoms with van der Waals surface area (Å²) in [5.41, 5.74) is 5.20. The second-order valence-corrected chi connectivity index (χ2v) is 4.93. The maximum absolute atomic E-state index is 10.8. The smallest absolute Gasteiger partial charge is 0.217 e. The average Bonchev–Trinajstić information content (AvgIpc) is 2.66. The fraction of sp³-hybridized carbons (Fsp3) is 0.455. The van der Waals surface area contributed by atoms with Gasteiger partial charge in [-0.2, -0.15) is 0 Å². The quantitative estimate of drug-likeness (QED) is 0.916. The van der Waals surface area contributed by atoms with Crippen molar-refractivity contribution in [3.05, 3.63) is 22.8 Å². The van der Waals surface area contributed by atoms with E-state index in [1.807, 2.05) is 12.1 Å². The number of carbonyl (C=O) groups is 1. The average molecular weight is 284 g/mol. The lowest BCUT2D eigenvalue weighted by Gasteiger charge is -2.18. The number of halogens is 1. The second-order valence-electron chi connectivity index (χ2n) is 4.08. The number of carbonyl (C=O) groups excluding carboxylic acids is 1. The van der Waals surface area contributed by atoms with Crippen molar-refractivity contribution in [2.75, 3.05) is 18.0 Å². The summed E-state index contributed by atoms with van der Waals surface area (Å²) in [6.07, 6.45) is 3.26. The van der Waals surface area contributed by atoms with Crippen LogP contribution in [0.4, 0.5) is 5.82 Å². The van der Waals surface area contributed by atoms with Gasteiger partial charge >= 0.3 is 0 Å². The van der Waals surface area contributed by atoms with Gasteiger partial charge in [-0.05, 0) is 40.4 Å². The maximum Gasteiger partial charge on any atom is 0.217 e. The monoisotopic (exact) mass is 283 g/mol. The van der Waals surface area contributed by atoms with Crippen LogP contribution in [0, 0.1) is 5.92 Å². The first-order valence-corrected chi connectivity index (χ1v) is 6.10. The molecule has 2 heterocycles. The first-order chi connectivity index (χ1) is 7.66. The topological polar surface area (TPSA) is 59.2 Å². The first-order valence-electron chi connectivity index (χ1n) is 5.30. The summed E-state index contributed by atoms with van der Waals surface area (Å²) in [6, 6.07) is 3.87. The molecule has 4 nitrogen and oxygen atoms in total. The Morgan fingerprint density at radius 1 is 1.69 bits per heavy atom. The number of pyridine rings is 1. The number of aromatic nitrogens is 1. The molecule has 0 spiro atoms. The van der Waals surface area contributed by atoms with Gasteiger partial charge in [-0.1, -0.05) is 0 Å². The SMILES string of the molecule is NC(=O)CC1CCN(c2ncccc2Br)C1. The molecule has 2 rings (SSSR count). The third-order valence-corrected chi connectivity index (χ3v) is 3.43. The number of amides is 1. The lowest BCUT2D eigenvalue weighted by atomic mass is 10.1. The highest BCUT2D eigenvalue weighted by Gasteiger charge is 2.25. The Kier molecular flexibility index (Phi) is 3.43. The van der Waals surface area contributed by atoms with Crippen LogP contribution in [0.2, 0.25) is 0 Å². The fourth-order valence-electron chi connectivity index (χ4n) is 2.09. The number of nitrogens with two attached hydrogens (primary N) is 1. The molecule has 16 heavy (non-hydrogen) atoms. The zero-order valence-corrected chi connectivity index (χ0v) is 10.5. The van der Waals surface area contributed by atoms with Crippen molar-refractivity contribution >= 4 is 27.7 Å². The van der Waals surface area contributed by atoms with E-state index in [0.29, 0.717) is 12.3 Å². The van der Waals surface area contributed by atoms with Crippen molar-refractivity contribution in [3.63, 3.8) is 0 Å². The lowest BCUT2D eigenvalue weighted by Crippen LogP contribution is -2.23. The summed E-state index contributed by atoms with van der Waals surface area (Å²) in [7, 11) is 0. The number of anilines is 1. The maximum atomic E-state index is 10.8. The molecule has 0 aliphatic carbocycles. The standard InChI is InChI=1S/C11H14BrN3O/c12-9-2-1-4-14-11(9)15-5-3-8(7-15)6-10(13)16/h1-2,4,8H,3,5-7H2,(H2,13,16). The number of nitrogens with zero attached hydrogens (tertiary/aromatic N) is 2. The van der Waals surface area contributed by atoms with Gasteiger partial charge in [0.25, 0.3) is 0 Å².